The highest BCUT2D eigenvalue weighted by atomic mass is 35.5. The number of carbonyl (C=O) groups excluding carboxylic acids is 1. The lowest BCUT2D eigenvalue weighted by Gasteiger charge is -2.20. The monoisotopic (exact) mass is 434 g/mol. The molecule has 0 spiro atoms. The zero-order chi connectivity index (χ0) is 18.6. The van der Waals surface area contributed by atoms with Crippen molar-refractivity contribution in [1.82, 2.24) is 15.3 Å². The Labute approximate surface area is 179 Å². The second-order valence-corrected chi connectivity index (χ2v) is 8.75. The van der Waals surface area contributed by atoms with Crippen LogP contribution >= 0.6 is 35.1 Å². The van der Waals surface area contributed by atoms with Gasteiger partial charge in [-0.2, -0.15) is 0 Å². The van der Waals surface area contributed by atoms with Crippen molar-refractivity contribution in [3.05, 3.63) is 52.0 Å². The van der Waals surface area contributed by atoms with Crippen LogP contribution < -0.4 is 10.6 Å². The van der Waals surface area contributed by atoms with E-state index in [-0.39, 0.29) is 24.7 Å². The fourth-order valence-corrected chi connectivity index (χ4v) is 5.01. The molecule has 0 unspecified atom stereocenters. The maximum atomic E-state index is 12.4. The van der Waals surface area contributed by atoms with E-state index in [2.05, 4.69) is 51.8 Å². The molecule has 1 saturated heterocycles. The van der Waals surface area contributed by atoms with Gasteiger partial charge >= 0.3 is 0 Å². The summed E-state index contributed by atoms with van der Waals surface area (Å²) >= 11 is 3.16. The Hall–Kier alpha value is -1.80. The van der Waals surface area contributed by atoms with Crippen molar-refractivity contribution in [3.8, 4) is 10.6 Å². The molecule has 0 bridgehead atoms. The summed E-state index contributed by atoms with van der Waals surface area (Å²) in [6.07, 6.45) is 4.45. The molecule has 3 heterocycles. The first kappa shape index (κ1) is 20.9. The van der Waals surface area contributed by atoms with E-state index in [1.54, 1.807) is 22.7 Å². The third-order valence-corrected chi connectivity index (χ3v) is 6.72. The van der Waals surface area contributed by atoms with Gasteiger partial charge in [0.05, 0.1) is 12.1 Å². The Morgan fingerprint density at radius 1 is 1.25 bits per heavy atom. The molecule has 8 heteroatoms. The van der Waals surface area contributed by atoms with Crippen LogP contribution in [0.1, 0.15) is 34.9 Å². The molecule has 1 aliphatic rings. The van der Waals surface area contributed by atoms with E-state index in [9.17, 15) is 4.79 Å². The summed E-state index contributed by atoms with van der Waals surface area (Å²) < 4.78 is 0. The molecule has 0 saturated carbocycles. The van der Waals surface area contributed by atoms with Crippen LogP contribution in [0.25, 0.3) is 10.6 Å². The largest absolute Gasteiger partial charge is 0.317 e. The van der Waals surface area contributed by atoms with Gasteiger partial charge in [0, 0.05) is 22.0 Å². The first-order valence-electron chi connectivity index (χ1n) is 9.15. The van der Waals surface area contributed by atoms with Gasteiger partial charge in [0.2, 0.25) is 5.91 Å². The van der Waals surface area contributed by atoms with Crippen LogP contribution in [0.3, 0.4) is 0 Å². The van der Waals surface area contributed by atoms with E-state index >= 15 is 0 Å². The maximum Gasteiger partial charge on any atom is 0.232 e. The molecule has 0 atom stereocenters. The fourth-order valence-electron chi connectivity index (χ4n) is 3.18. The highest BCUT2D eigenvalue weighted by Gasteiger charge is 2.18. The normalized spacial score (nSPS) is 14.5. The SMILES string of the molecule is Cc1ccc(-c2nc(CC(=O)Nc3ncc(C4CCNCC4)s3)cs2)cc1.Cl. The van der Waals surface area contributed by atoms with Gasteiger partial charge in [0.25, 0.3) is 0 Å². The Kier molecular flexibility index (Phi) is 7.18. The van der Waals surface area contributed by atoms with Gasteiger partial charge in [-0.1, -0.05) is 29.8 Å². The van der Waals surface area contributed by atoms with Crippen molar-refractivity contribution < 1.29 is 4.79 Å². The molecular weight excluding hydrogens is 412 g/mol. The summed E-state index contributed by atoms with van der Waals surface area (Å²) in [6.45, 7) is 4.17. The first-order chi connectivity index (χ1) is 13.2. The lowest BCUT2D eigenvalue weighted by atomic mass is 9.97. The Balaban J connectivity index is 0.00000225. The second-order valence-electron chi connectivity index (χ2n) is 6.83. The van der Waals surface area contributed by atoms with E-state index in [0.29, 0.717) is 11.0 Å². The topological polar surface area (TPSA) is 66.9 Å². The minimum Gasteiger partial charge on any atom is -0.317 e. The summed E-state index contributed by atoms with van der Waals surface area (Å²) in [5.41, 5.74) is 3.11. The second kappa shape index (κ2) is 9.60. The average Bonchev–Trinajstić information content (AvgIpc) is 3.33. The van der Waals surface area contributed by atoms with Crippen molar-refractivity contribution in [2.24, 2.45) is 0 Å². The molecule has 1 amide bonds. The van der Waals surface area contributed by atoms with Gasteiger partial charge in [-0.25, -0.2) is 9.97 Å². The van der Waals surface area contributed by atoms with Gasteiger partial charge in [-0.05, 0) is 38.8 Å². The van der Waals surface area contributed by atoms with E-state index in [0.717, 1.165) is 42.2 Å². The maximum absolute atomic E-state index is 12.4. The first-order valence-corrected chi connectivity index (χ1v) is 10.8. The molecule has 148 valence electrons. The minimum atomic E-state index is -0.0676. The number of rotatable bonds is 5. The molecule has 2 N–H and O–H groups in total. The lowest BCUT2D eigenvalue weighted by molar-refractivity contribution is -0.115. The summed E-state index contributed by atoms with van der Waals surface area (Å²) in [4.78, 5) is 22.6. The van der Waals surface area contributed by atoms with Crippen LogP contribution in [-0.2, 0) is 11.2 Å². The van der Waals surface area contributed by atoms with Crippen LogP contribution in [0.2, 0.25) is 0 Å². The molecule has 0 radical (unpaired) electrons. The van der Waals surface area contributed by atoms with Crippen molar-refractivity contribution >= 4 is 46.1 Å². The van der Waals surface area contributed by atoms with Crippen LogP contribution in [0.15, 0.2) is 35.8 Å². The van der Waals surface area contributed by atoms with Gasteiger partial charge in [-0.15, -0.1) is 35.1 Å². The Bertz CT molecular complexity index is 916. The number of nitrogens with zero attached hydrogens (tertiary/aromatic N) is 2. The van der Waals surface area contributed by atoms with Gasteiger partial charge in [0.15, 0.2) is 5.13 Å². The quantitative estimate of drug-likeness (QED) is 0.613. The number of nitrogens with one attached hydrogen (secondary N) is 2. The predicted octanol–water partition coefficient (Wildman–Crippen LogP) is 4.65. The van der Waals surface area contributed by atoms with Crippen molar-refractivity contribution in [2.75, 3.05) is 18.4 Å². The molecule has 5 nitrogen and oxygen atoms in total. The third-order valence-electron chi connectivity index (χ3n) is 4.70. The standard InChI is InChI=1S/C20H22N4OS2.ClH/c1-13-2-4-15(5-3-13)19-23-16(12-26-19)10-18(25)24-20-22-11-17(27-20)14-6-8-21-9-7-14;/h2-5,11-12,14,21H,6-10H2,1H3,(H,22,24,25);1H. The number of aromatic nitrogens is 2. The van der Waals surface area contributed by atoms with Crippen LogP contribution in [0.5, 0.6) is 0 Å². The predicted molar refractivity (Wildman–Crippen MR) is 119 cm³/mol. The molecular formula is C20H23ClN4OS2. The molecule has 4 rings (SSSR count). The number of benzene rings is 1. The zero-order valence-corrected chi connectivity index (χ0v) is 18.1. The fraction of sp³-hybridized carbons (Fsp3) is 0.350. The number of thiazole rings is 2. The number of carbonyl (C=O) groups is 1. The molecule has 0 aliphatic carbocycles. The Morgan fingerprint density at radius 2 is 2.00 bits per heavy atom. The summed E-state index contributed by atoms with van der Waals surface area (Å²) in [5.74, 6) is 0.493. The van der Waals surface area contributed by atoms with Crippen molar-refractivity contribution in [2.45, 2.75) is 32.1 Å². The average molecular weight is 435 g/mol. The number of hydrogen-bond donors (Lipinski definition) is 2. The summed E-state index contributed by atoms with van der Waals surface area (Å²) in [7, 11) is 0. The highest BCUT2D eigenvalue weighted by molar-refractivity contribution is 7.15. The summed E-state index contributed by atoms with van der Waals surface area (Å²) in [5, 5.41) is 9.88. The van der Waals surface area contributed by atoms with Gasteiger partial charge < -0.3 is 10.6 Å². The smallest absolute Gasteiger partial charge is 0.232 e. The van der Waals surface area contributed by atoms with E-state index in [4.69, 9.17) is 0 Å². The number of halogens is 1. The number of piperidine rings is 1. The van der Waals surface area contributed by atoms with Gasteiger partial charge in [0.1, 0.15) is 5.01 Å². The summed E-state index contributed by atoms with van der Waals surface area (Å²) in [6, 6.07) is 8.28. The molecule has 1 aliphatic heterocycles. The molecule has 3 aromatic rings. The van der Waals surface area contributed by atoms with Crippen LogP contribution in [0.4, 0.5) is 5.13 Å². The lowest BCUT2D eigenvalue weighted by Crippen LogP contribution is -2.26. The van der Waals surface area contributed by atoms with Gasteiger partial charge in [-0.3, -0.25) is 4.79 Å². The van der Waals surface area contributed by atoms with E-state index < -0.39 is 0 Å². The molecule has 2 aromatic heterocycles. The molecule has 28 heavy (non-hydrogen) atoms. The zero-order valence-electron chi connectivity index (χ0n) is 15.6. The Morgan fingerprint density at radius 3 is 2.75 bits per heavy atom. The number of anilines is 1. The minimum absolute atomic E-state index is 0. The number of hydrogen-bond acceptors (Lipinski definition) is 6. The number of amides is 1. The van der Waals surface area contributed by atoms with E-state index in [1.807, 2.05) is 11.6 Å². The van der Waals surface area contributed by atoms with Crippen LogP contribution in [0, 0.1) is 6.92 Å². The highest BCUT2D eigenvalue weighted by Crippen LogP contribution is 2.31. The third kappa shape index (κ3) is 5.17. The van der Waals surface area contributed by atoms with Crippen molar-refractivity contribution in [1.29, 1.82) is 0 Å². The number of aryl methyl sites for hydroxylation is 1. The van der Waals surface area contributed by atoms with E-state index in [1.165, 1.54) is 10.4 Å². The molecule has 1 fully saturated rings. The van der Waals surface area contributed by atoms with Crippen LogP contribution in [-0.4, -0.2) is 29.0 Å². The molecule has 1 aromatic carbocycles. The van der Waals surface area contributed by atoms with Crippen molar-refractivity contribution in [3.63, 3.8) is 0 Å².